The molecule has 2 aromatic heterocycles. The van der Waals surface area contributed by atoms with Gasteiger partial charge in [0.15, 0.2) is 0 Å². The number of H-pyrrole nitrogens is 1. The van der Waals surface area contributed by atoms with E-state index in [1.165, 1.54) is 6.07 Å². The minimum Gasteiger partial charge on any atom is -0.367 e. The number of carbonyl (C=O) groups excluding carboxylic acids is 1. The Morgan fingerprint density at radius 3 is 2.48 bits per heavy atom. The maximum absolute atomic E-state index is 12.8. The Kier molecular flexibility index (Phi) is 5.44. The fourth-order valence-corrected chi connectivity index (χ4v) is 3.58. The van der Waals surface area contributed by atoms with Gasteiger partial charge in [0.05, 0.1) is 16.3 Å². The zero-order valence-electron chi connectivity index (χ0n) is 15.8. The zero-order valence-corrected chi connectivity index (χ0v) is 16.6. The summed E-state index contributed by atoms with van der Waals surface area (Å²) in [4.78, 5) is 34.0. The van der Waals surface area contributed by atoms with E-state index >= 15 is 0 Å². The van der Waals surface area contributed by atoms with Gasteiger partial charge in [0, 0.05) is 26.2 Å². The quantitative estimate of drug-likeness (QED) is 0.655. The fraction of sp³-hybridized carbons (Fsp3) is 0.263. The lowest BCUT2D eigenvalue weighted by Gasteiger charge is -2.36. The van der Waals surface area contributed by atoms with Crippen LogP contribution in [0, 0.1) is 0 Å². The molecule has 31 heavy (non-hydrogen) atoms. The van der Waals surface area contributed by atoms with Crippen molar-refractivity contribution in [2.45, 2.75) is 6.18 Å². The highest BCUT2D eigenvalue weighted by molar-refractivity contribution is 6.33. The Labute approximate surface area is 178 Å². The minimum absolute atomic E-state index is 0.00516. The Morgan fingerprint density at radius 2 is 1.87 bits per heavy atom. The number of aromatic amines is 1. The molecule has 12 heteroatoms. The summed E-state index contributed by atoms with van der Waals surface area (Å²) in [5.41, 5.74) is 0.126. The third kappa shape index (κ3) is 4.41. The summed E-state index contributed by atoms with van der Waals surface area (Å²) in [7, 11) is 0. The number of halogens is 4. The highest BCUT2D eigenvalue weighted by atomic mass is 35.5. The molecule has 1 aliphatic heterocycles. The van der Waals surface area contributed by atoms with Gasteiger partial charge in [-0.15, -0.1) is 0 Å². The fourth-order valence-electron chi connectivity index (χ4n) is 3.28. The molecule has 0 unspecified atom stereocenters. The predicted molar refractivity (Wildman–Crippen MR) is 105 cm³/mol. The number of pyridine rings is 1. The van der Waals surface area contributed by atoms with Crippen molar-refractivity contribution in [2.24, 2.45) is 0 Å². The first-order valence-corrected chi connectivity index (χ1v) is 9.54. The van der Waals surface area contributed by atoms with Gasteiger partial charge in [-0.2, -0.15) is 13.2 Å². The largest absolute Gasteiger partial charge is 0.439 e. The number of nitrogens with one attached hydrogen (secondary N) is 1. The van der Waals surface area contributed by atoms with E-state index in [1.54, 1.807) is 23.1 Å². The zero-order chi connectivity index (χ0) is 22.2. The van der Waals surface area contributed by atoms with E-state index in [0.717, 1.165) is 12.1 Å². The summed E-state index contributed by atoms with van der Waals surface area (Å²) in [6.07, 6.45) is -4.46. The van der Waals surface area contributed by atoms with Crippen molar-refractivity contribution in [1.82, 2.24) is 20.0 Å². The van der Waals surface area contributed by atoms with Gasteiger partial charge in [-0.3, -0.25) is 14.3 Å². The smallest absolute Gasteiger partial charge is 0.367 e. The number of carbonyl (C=O) groups is 1. The van der Waals surface area contributed by atoms with E-state index in [4.69, 9.17) is 11.6 Å². The molecule has 3 aromatic rings. The first kappa shape index (κ1) is 20.9. The van der Waals surface area contributed by atoms with Crippen molar-refractivity contribution in [3.8, 4) is 11.5 Å². The average Bonchev–Trinajstić information content (AvgIpc) is 3.19. The molecular weight excluding hydrogens is 439 g/mol. The lowest BCUT2D eigenvalue weighted by atomic mass is 10.1. The van der Waals surface area contributed by atoms with E-state index in [1.807, 2.05) is 4.90 Å². The van der Waals surface area contributed by atoms with E-state index in [0.29, 0.717) is 31.9 Å². The van der Waals surface area contributed by atoms with Crippen LogP contribution in [0.25, 0.3) is 11.5 Å². The molecule has 3 heterocycles. The summed E-state index contributed by atoms with van der Waals surface area (Å²) in [5, 5.41) is 3.56. The van der Waals surface area contributed by atoms with Gasteiger partial charge in [-0.25, -0.2) is 9.78 Å². The van der Waals surface area contributed by atoms with Crippen LogP contribution < -0.4 is 10.7 Å². The predicted octanol–water partition coefficient (Wildman–Crippen LogP) is 3.06. The third-order valence-corrected chi connectivity index (χ3v) is 5.14. The second kappa shape index (κ2) is 8.06. The van der Waals surface area contributed by atoms with Gasteiger partial charge in [0.25, 0.3) is 5.91 Å². The van der Waals surface area contributed by atoms with Crippen LogP contribution in [-0.4, -0.2) is 52.1 Å². The van der Waals surface area contributed by atoms with Crippen molar-refractivity contribution in [2.75, 3.05) is 31.1 Å². The molecule has 0 saturated carbocycles. The second-order valence-corrected chi connectivity index (χ2v) is 7.20. The van der Waals surface area contributed by atoms with Gasteiger partial charge in [0.1, 0.15) is 11.4 Å². The van der Waals surface area contributed by atoms with Crippen molar-refractivity contribution < 1.29 is 22.5 Å². The van der Waals surface area contributed by atoms with Crippen LogP contribution in [0.4, 0.5) is 18.9 Å². The van der Waals surface area contributed by atoms with Crippen molar-refractivity contribution in [3.05, 3.63) is 63.2 Å². The monoisotopic (exact) mass is 453 g/mol. The number of alkyl halides is 3. The minimum atomic E-state index is -4.46. The van der Waals surface area contributed by atoms with Crippen LogP contribution in [-0.2, 0) is 6.18 Å². The Balaban J connectivity index is 1.44. The summed E-state index contributed by atoms with van der Waals surface area (Å²) in [6, 6.07) is 7.96. The van der Waals surface area contributed by atoms with Gasteiger partial charge in [-0.1, -0.05) is 22.8 Å². The van der Waals surface area contributed by atoms with Crippen molar-refractivity contribution >= 4 is 23.2 Å². The molecule has 0 aliphatic carbocycles. The summed E-state index contributed by atoms with van der Waals surface area (Å²) in [5.74, 6) is -0.932. The number of rotatable bonds is 3. The topological polar surface area (TPSA) is 95.3 Å². The molecule has 1 aliphatic rings. The van der Waals surface area contributed by atoms with Crippen LogP contribution in [0.1, 0.15) is 16.1 Å². The number of amides is 1. The highest BCUT2D eigenvalue weighted by Crippen LogP contribution is 2.35. The van der Waals surface area contributed by atoms with E-state index < -0.39 is 17.5 Å². The molecule has 1 aromatic carbocycles. The standard InChI is InChI=1S/C19H15ClF3N5O3/c20-12-10-11(19(21,22)23)4-5-15(12)27-6-8-28(9-7-27)17(29)14-3-1-2-13(24-14)16-25-18(30)31-26-16/h1-5,10H,6-9H2,(H,25,26,30). The van der Waals surface area contributed by atoms with Crippen LogP contribution in [0.5, 0.6) is 0 Å². The van der Waals surface area contributed by atoms with Crippen LogP contribution in [0.2, 0.25) is 5.02 Å². The molecule has 0 bridgehead atoms. The molecule has 4 rings (SSSR count). The lowest BCUT2D eigenvalue weighted by molar-refractivity contribution is -0.137. The molecule has 0 spiro atoms. The number of nitrogens with zero attached hydrogens (tertiary/aromatic N) is 4. The van der Waals surface area contributed by atoms with Crippen molar-refractivity contribution in [1.29, 1.82) is 0 Å². The van der Waals surface area contributed by atoms with Crippen LogP contribution in [0.15, 0.2) is 45.7 Å². The van der Waals surface area contributed by atoms with Crippen LogP contribution >= 0.6 is 11.6 Å². The van der Waals surface area contributed by atoms with Gasteiger partial charge < -0.3 is 9.80 Å². The Morgan fingerprint density at radius 1 is 1.13 bits per heavy atom. The summed E-state index contributed by atoms with van der Waals surface area (Å²) >= 11 is 6.07. The van der Waals surface area contributed by atoms with E-state index in [9.17, 15) is 22.8 Å². The summed E-state index contributed by atoms with van der Waals surface area (Å²) < 4.78 is 42.9. The normalized spacial score (nSPS) is 14.7. The van der Waals surface area contributed by atoms with Gasteiger partial charge in [0.2, 0.25) is 5.82 Å². The molecular formula is C19H15ClF3N5O3. The molecule has 0 radical (unpaired) electrons. The molecule has 8 nitrogen and oxygen atoms in total. The highest BCUT2D eigenvalue weighted by Gasteiger charge is 2.32. The van der Waals surface area contributed by atoms with Gasteiger partial charge in [-0.05, 0) is 30.3 Å². The Hall–Kier alpha value is -3.34. The molecule has 1 saturated heterocycles. The van der Waals surface area contributed by atoms with E-state index in [-0.39, 0.29) is 28.1 Å². The molecule has 0 atom stereocenters. The summed E-state index contributed by atoms with van der Waals surface area (Å²) in [6.45, 7) is 1.46. The first-order valence-electron chi connectivity index (χ1n) is 9.17. The van der Waals surface area contributed by atoms with E-state index in [2.05, 4.69) is 19.6 Å². The Bertz CT molecular complexity index is 1170. The number of aromatic nitrogens is 3. The third-order valence-electron chi connectivity index (χ3n) is 4.83. The lowest BCUT2D eigenvalue weighted by Crippen LogP contribution is -2.49. The van der Waals surface area contributed by atoms with Gasteiger partial charge >= 0.3 is 11.9 Å². The maximum atomic E-state index is 12.8. The SMILES string of the molecule is O=C(c1cccc(-c2noc(=O)[nH]2)n1)N1CCN(c2ccc(C(F)(F)F)cc2Cl)CC1. The first-order chi connectivity index (χ1) is 14.7. The second-order valence-electron chi connectivity index (χ2n) is 6.79. The number of anilines is 1. The molecule has 1 fully saturated rings. The molecule has 1 N–H and O–H groups in total. The van der Waals surface area contributed by atoms with Crippen LogP contribution in [0.3, 0.4) is 0 Å². The average molecular weight is 454 g/mol. The number of hydrogen-bond donors (Lipinski definition) is 1. The van der Waals surface area contributed by atoms with Crippen molar-refractivity contribution in [3.63, 3.8) is 0 Å². The molecule has 1 amide bonds. The number of benzene rings is 1. The maximum Gasteiger partial charge on any atom is 0.439 e. The molecule has 162 valence electrons. The number of hydrogen-bond acceptors (Lipinski definition) is 6. The number of piperazine rings is 1.